The Labute approximate surface area is 159 Å². The quantitative estimate of drug-likeness (QED) is 0.744. The number of amides is 1. The number of aryl methyl sites for hydroxylation is 3. The van der Waals surface area contributed by atoms with Crippen molar-refractivity contribution in [3.63, 3.8) is 0 Å². The summed E-state index contributed by atoms with van der Waals surface area (Å²) < 4.78 is 18.9. The van der Waals surface area contributed by atoms with E-state index >= 15 is 0 Å². The van der Waals surface area contributed by atoms with Gasteiger partial charge in [-0.2, -0.15) is 0 Å². The predicted octanol–water partition coefficient (Wildman–Crippen LogP) is 3.37. The zero-order valence-electron chi connectivity index (χ0n) is 15.1. The summed E-state index contributed by atoms with van der Waals surface area (Å²) in [7, 11) is 0. The number of carbonyl (C=O) groups excluding carboxylic acids is 1. The van der Waals surface area contributed by atoms with Crippen LogP contribution in [-0.4, -0.2) is 21.0 Å². The van der Waals surface area contributed by atoms with Crippen molar-refractivity contribution in [3.8, 4) is 10.6 Å². The van der Waals surface area contributed by atoms with Gasteiger partial charge in [0.2, 0.25) is 5.91 Å². The Morgan fingerprint density at radius 1 is 1.44 bits per heavy atom. The van der Waals surface area contributed by atoms with Gasteiger partial charge >= 0.3 is 0 Å². The van der Waals surface area contributed by atoms with Crippen LogP contribution in [0.4, 0.5) is 4.39 Å². The fraction of sp³-hybridized carbons (Fsp3) is 0.368. The Kier molecular flexibility index (Phi) is 4.73. The van der Waals surface area contributed by atoms with E-state index < -0.39 is 5.82 Å². The van der Waals surface area contributed by atoms with Crippen LogP contribution in [0.25, 0.3) is 10.6 Å². The topological polar surface area (TPSA) is 80.9 Å². The fourth-order valence-electron chi connectivity index (χ4n) is 3.37. The highest BCUT2D eigenvalue weighted by Gasteiger charge is 2.28. The molecule has 1 unspecified atom stereocenters. The number of nitrogens with zero attached hydrogens (tertiary/aromatic N) is 3. The van der Waals surface area contributed by atoms with E-state index in [1.54, 1.807) is 17.4 Å². The highest BCUT2D eigenvalue weighted by molar-refractivity contribution is 7.15. The lowest BCUT2D eigenvalue weighted by Crippen LogP contribution is -2.33. The van der Waals surface area contributed by atoms with Crippen molar-refractivity contribution < 1.29 is 13.7 Å². The second-order valence-corrected chi connectivity index (χ2v) is 7.80. The number of halogens is 1. The van der Waals surface area contributed by atoms with Gasteiger partial charge in [0.15, 0.2) is 0 Å². The van der Waals surface area contributed by atoms with Gasteiger partial charge in [0.1, 0.15) is 16.6 Å². The third-order valence-electron chi connectivity index (χ3n) is 4.87. The van der Waals surface area contributed by atoms with Gasteiger partial charge in [-0.1, -0.05) is 5.16 Å². The minimum atomic E-state index is -0.410. The molecule has 4 rings (SSSR count). The molecule has 0 fully saturated rings. The highest BCUT2D eigenvalue weighted by Crippen LogP contribution is 2.37. The summed E-state index contributed by atoms with van der Waals surface area (Å²) in [5, 5.41) is 7.73. The van der Waals surface area contributed by atoms with E-state index in [1.807, 2.05) is 13.8 Å². The van der Waals surface area contributed by atoms with Crippen LogP contribution < -0.4 is 5.32 Å². The Hall–Kier alpha value is -2.61. The summed E-state index contributed by atoms with van der Waals surface area (Å²) in [5.74, 6) is 0.130. The van der Waals surface area contributed by atoms with E-state index in [4.69, 9.17) is 9.51 Å². The third kappa shape index (κ3) is 3.49. The van der Waals surface area contributed by atoms with E-state index in [2.05, 4.69) is 15.5 Å². The molecule has 0 aliphatic heterocycles. The molecule has 6 nitrogen and oxygen atoms in total. The molecular formula is C19H19FN4O2S. The Morgan fingerprint density at radius 2 is 2.30 bits per heavy atom. The molecule has 0 saturated carbocycles. The second-order valence-electron chi connectivity index (χ2n) is 6.71. The largest absolute Gasteiger partial charge is 0.361 e. The number of rotatable bonds is 4. The molecule has 1 atom stereocenters. The molecule has 0 radical (unpaired) electrons. The van der Waals surface area contributed by atoms with Gasteiger partial charge in [-0.25, -0.2) is 9.37 Å². The van der Waals surface area contributed by atoms with E-state index in [0.29, 0.717) is 12.0 Å². The molecule has 0 spiro atoms. The molecule has 0 saturated heterocycles. The molecule has 3 aromatic rings. The molecule has 3 aromatic heterocycles. The second kappa shape index (κ2) is 7.19. The maximum absolute atomic E-state index is 13.6. The molecule has 1 amide bonds. The molecular weight excluding hydrogens is 367 g/mol. The zero-order valence-corrected chi connectivity index (χ0v) is 15.9. The molecule has 0 bridgehead atoms. The standard InChI is InChI=1S/C19H19FN4O2S/c1-10-17(11(2)26-24-10)19-23-15-7-12(3-4-16(15)27-19)18(25)22-8-13-5-6-21-9-14(13)20/h5-6,9,12H,3-4,7-8H2,1-2H3,(H,22,25). The lowest BCUT2D eigenvalue weighted by molar-refractivity contribution is -0.125. The summed E-state index contributed by atoms with van der Waals surface area (Å²) in [4.78, 5) is 22.2. The molecule has 27 heavy (non-hydrogen) atoms. The first-order chi connectivity index (χ1) is 13.0. The zero-order chi connectivity index (χ0) is 19.0. The third-order valence-corrected chi connectivity index (χ3v) is 6.04. The van der Waals surface area contributed by atoms with Crippen molar-refractivity contribution in [2.24, 2.45) is 5.92 Å². The molecule has 1 aliphatic carbocycles. The van der Waals surface area contributed by atoms with Crippen LogP contribution in [0.1, 0.15) is 34.0 Å². The predicted molar refractivity (Wildman–Crippen MR) is 98.6 cm³/mol. The molecule has 8 heteroatoms. The maximum Gasteiger partial charge on any atom is 0.223 e. The van der Waals surface area contributed by atoms with Crippen LogP contribution in [0.3, 0.4) is 0 Å². The van der Waals surface area contributed by atoms with Gasteiger partial charge in [-0.05, 0) is 32.8 Å². The van der Waals surface area contributed by atoms with Gasteiger partial charge < -0.3 is 9.84 Å². The summed E-state index contributed by atoms with van der Waals surface area (Å²) in [6, 6.07) is 1.57. The Balaban J connectivity index is 1.45. The Bertz CT molecular complexity index is 978. The minimum Gasteiger partial charge on any atom is -0.361 e. The van der Waals surface area contributed by atoms with Crippen molar-refractivity contribution in [2.75, 3.05) is 0 Å². The van der Waals surface area contributed by atoms with Crippen LogP contribution >= 0.6 is 11.3 Å². The molecule has 140 valence electrons. The number of thiazole rings is 1. The summed E-state index contributed by atoms with van der Waals surface area (Å²) in [6.07, 6.45) is 4.85. The number of fused-ring (bicyclic) bond motifs is 1. The van der Waals surface area contributed by atoms with Crippen LogP contribution in [0, 0.1) is 25.6 Å². The number of aromatic nitrogens is 3. The SMILES string of the molecule is Cc1noc(C)c1-c1nc2c(s1)CCC(C(=O)NCc1ccncc1F)C2. The number of carbonyl (C=O) groups is 1. The Morgan fingerprint density at radius 3 is 3.04 bits per heavy atom. The van der Waals surface area contributed by atoms with Crippen LogP contribution in [0.15, 0.2) is 23.0 Å². The summed E-state index contributed by atoms with van der Waals surface area (Å²) >= 11 is 1.65. The number of hydrogen-bond donors (Lipinski definition) is 1. The number of nitrogens with one attached hydrogen (secondary N) is 1. The lowest BCUT2D eigenvalue weighted by atomic mass is 9.90. The summed E-state index contributed by atoms with van der Waals surface area (Å²) in [5.41, 5.74) is 3.18. The minimum absolute atomic E-state index is 0.0660. The first kappa shape index (κ1) is 17.8. The van der Waals surface area contributed by atoms with Crippen molar-refractivity contribution in [1.29, 1.82) is 0 Å². The van der Waals surface area contributed by atoms with Crippen molar-refractivity contribution in [1.82, 2.24) is 20.4 Å². The van der Waals surface area contributed by atoms with Gasteiger partial charge in [0.05, 0.1) is 23.1 Å². The van der Waals surface area contributed by atoms with Crippen LogP contribution in [0.5, 0.6) is 0 Å². The monoisotopic (exact) mass is 386 g/mol. The van der Waals surface area contributed by atoms with Crippen LogP contribution in [-0.2, 0) is 24.2 Å². The molecule has 1 N–H and O–H groups in total. The first-order valence-corrected chi connectivity index (χ1v) is 9.62. The average molecular weight is 386 g/mol. The molecule has 3 heterocycles. The van der Waals surface area contributed by atoms with Crippen molar-refractivity contribution in [2.45, 2.75) is 39.7 Å². The van der Waals surface area contributed by atoms with E-state index in [0.717, 1.165) is 46.8 Å². The highest BCUT2D eigenvalue weighted by atomic mass is 32.1. The molecule has 0 aromatic carbocycles. The molecule has 1 aliphatic rings. The van der Waals surface area contributed by atoms with Gasteiger partial charge in [-0.3, -0.25) is 9.78 Å². The number of hydrogen-bond acceptors (Lipinski definition) is 6. The van der Waals surface area contributed by atoms with E-state index in [1.165, 1.54) is 11.1 Å². The first-order valence-electron chi connectivity index (χ1n) is 8.81. The average Bonchev–Trinajstić information content (AvgIpc) is 3.22. The normalized spacial score (nSPS) is 16.2. The van der Waals surface area contributed by atoms with E-state index in [-0.39, 0.29) is 18.4 Å². The van der Waals surface area contributed by atoms with E-state index in [9.17, 15) is 9.18 Å². The fourth-order valence-corrected chi connectivity index (χ4v) is 4.62. The van der Waals surface area contributed by atoms with Gasteiger partial charge in [-0.15, -0.1) is 11.3 Å². The number of pyridine rings is 1. The van der Waals surface area contributed by atoms with Crippen LogP contribution in [0.2, 0.25) is 0 Å². The van der Waals surface area contributed by atoms with Crippen molar-refractivity contribution in [3.05, 3.63) is 51.9 Å². The van der Waals surface area contributed by atoms with Crippen molar-refractivity contribution >= 4 is 17.2 Å². The van der Waals surface area contributed by atoms with Gasteiger partial charge in [0, 0.05) is 35.5 Å². The maximum atomic E-state index is 13.6. The van der Waals surface area contributed by atoms with Gasteiger partial charge in [0.25, 0.3) is 0 Å². The smallest absolute Gasteiger partial charge is 0.223 e. The summed E-state index contributed by atoms with van der Waals surface area (Å²) in [6.45, 7) is 3.95. The lowest BCUT2D eigenvalue weighted by Gasteiger charge is -2.20.